The minimum atomic E-state index is -0.324. The quantitative estimate of drug-likeness (QED) is 0.660. The lowest BCUT2D eigenvalue weighted by Crippen LogP contribution is -2.33. The number of rotatable bonds is 4. The Labute approximate surface area is 129 Å². The van der Waals surface area contributed by atoms with Crippen molar-refractivity contribution in [1.29, 1.82) is 5.26 Å². The number of carbonyl (C=O) groups is 1. The molecule has 1 aliphatic rings. The van der Waals surface area contributed by atoms with Crippen molar-refractivity contribution in [2.45, 2.75) is 38.6 Å². The van der Waals surface area contributed by atoms with E-state index in [0.29, 0.717) is 5.02 Å². The molecule has 0 atom stereocenters. The minimum Gasteiger partial charge on any atom is -0.360 e. The third-order valence-electron chi connectivity index (χ3n) is 3.61. The lowest BCUT2D eigenvalue weighted by molar-refractivity contribution is -0.117. The molecule has 1 amide bonds. The SMILES string of the molecule is Cc1ccc(N/C=C(/C#N)C(=O)NC2CCCC2)cc1Cl. The zero-order valence-electron chi connectivity index (χ0n) is 11.9. The standard InChI is InChI=1S/C16H18ClN3O/c1-11-6-7-14(8-15(11)17)19-10-12(9-18)16(21)20-13-4-2-3-5-13/h6-8,10,13,19H,2-5H2,1H3,(H,20,21)/b12-10-. The molecule has 0 spiro atoms. The van der Waals surface area contributed by atoms with Gasteiger partial charge < -0.3 is 10.6 Å². The summed E-state index contributed by atoms with van der Waals surface area (Å²) in [6.07, 6.45) is 5.68. The smallest absolute Gasteiger partial charge is 0.263 e. The summed E-state index contributed by atoms with van der Waals surface area (Å²) in [5, 5.41) is 15.6. The molecule has 0 aromatic heterocycles. The van der Waals surface area contributed by atoms with Crippen LogP contribution >= 0.6 is 11.6 Å². The van der Waals surface area contributed by atoms with E-state index in [1.165, 1.54) is 6.20 Å². The van der Waals surface area contributed by atoms with Gasteiger partial charge in [-0.2, -0.15) is 5.26 Å². The predicted molar refractivity (Wildman–Crippen MR) is 83.9 cm³/mol. The molecule has 0 bridgehead atoms. The summed E-state index contributed by atoms with van der Waals surface area (Å²) >= 11 is 6.03. The van der Waals surface area contributed by atoms with E-state index in [1.54, 1.807) is 6.07 Å². The van der Waals surface area contributed by atoms with Gasteiger partial charge >= 0.3 is 0 Å². The van der Waals surface area contributed by atoms with Gasteiger partial charge in [0.15, 0.2) is 0 Å². The Morgan fingerprint density at radius 3 is 2.76 bits per heavy atom. The largest absolute Gasteiger partial charge is 0.360 e. The average Bonchev–Trinajstić information content (AvgIpc) is 2.96. The van der Waals surface area contributed by atoms with Gasteiger partial charge in [0.2, 0.25) is 0 Å². The number of aryl methyl sites for hydroxylation is 1. The first kappa shape index (κ1) is 15.4. The molecule has 4 nitrogen and oxygen atoms in total. The van der Waals surface area contributed by atoms with E-state index in [4.69, 9.17) is 16.9 Å². The van der Waals surface area contributed by atoms with Crippen LogP contribution in [0.15, 0.2) is 30.0 Å². The summed E-state index contributed by atoms with van der Waals surface area (Å²) < 4.78 is 0. The minimum absolute atomic E-state index is 0.0681. The van der Waals surface area contributed by atoms with E-state index in [0.717, 1.165) is 36.9 Å². The summed E-state index contributed by atoms with van der Waals surface area (Å²) in [4.78, 5) is 12.0. The van der Waals surface area contributed by atoms with Crippen molar-refractivity contribution in [3.05, 3.63) is 40.6 Å². The van der Waals surface area contributed by atoms with E-state index < -0.39 is 0 Å². The van der Waals surface area contributed by atoms with E-state index in [2.05, 4.69) is 10.6 Å². The molecule has 0 radical (unpaired) electrons. The Morgan fingerprint density at radius 2 is 2.14 bits per heavy atom. The zero-order valence-corrected chi connectivity index (χ0v) is 12.7. The van der Waals surface area contributed by atoms with Crippen molar-refractivity contribution >= 4 is 23.2 Å². The van der Waals surface area contributed by atoms with Crippen LogP contribution in [0.1, 0.15) is 31.2 Å². The Bertz CT molecular complexity index is 598. The summed E-state index contributed by atoms with van der Waals surface area (Å²) in [6.45, 7) is 1.91. The van der Waals surface area contributed by atoms with Gasteiger partial charge in [-0.05, 0) is 37.5 Å². The fourth-order valence-corrected chi connectivity index (χ4v) is 2.50. The van der Waals surface area contributed by atoms with Gasteiger partial charge in [0, 0.05) is 23.0 Å². The number of nitrogens with zero attached hydrogens (tertiary/aromatic N) is 1. The highest BCUT2D eigenvalue weighted by Gasteiger charge is 2.19. The molecule has 1 saturated carbocycles. The van der Waals surface area contributed by atoms with Crippen molar-refractivity contribution in [3.8, 4) is 6.07 Å². The number of benzene rings is 1. The van der Waals surface area contributed by atoms with Crippen LogP contribution in [0.25, 0.3) is 0 Å². The van der Waals surface area contributed by atoms with E-state index in [9.17, 15) is 4.79 Å². The summed E-state index contributed by atoms with van der Waals surface area (Å²) in [5.74, 6) is -0.324. The van der Waals surface area contributed by atoms with Gasteiger partial charge in [-0.15, -0.1) is 0 Å². The fraction of sp³-hybridized carbons (Fsp3) is 0.375. The van der Waals surface area contributed by atoms with Crippen LogP contribution in [0, 0.1) is 18.3 Å². The van der Waals surface area contributed by atoms with Crippen LogP contribution in [-0.4, -0.2) is 11.9 Å². The predicted octanol–water partition coefficient (Wildman–Crippen LogP) is 3.53. The molecule has 1 aromatic carbocycles. The zero-order chi connectivity index (χ0) is 15.2. The lowest BCUT2D eigenvalue weighted by atomic mass is 10.2. The second-order valence-corrected chi connectivity index (χ2v) is 5.64. The number of hydrogen-bond acceptors (Lipinski definition) is 3. The van der Waals surface area contributed by atoms with Crippen molar-refractivity contribution in [2.24, 2.45) is 0 Å². The molecule has 2 rings (SSSR count). The van der Waals surface area contributed by atoms with Gasteiger partial charge in [-0.25, -0.2) is 0 Å². The van der Waals surface area contributed by atoms with Crippen LogP contribution < -0.4 is 10.6 Å². The van der Waals surface area contributed by atoms with Crippen molar-refractivity contribution in [3.63, 3.8) is 0 Å². The molecule has 0 heterocycles. The van der Waals surface area contributed by atoms with Crippen molar-refractivity contribution in [1.82, 2.24) is 5.32 Å². The van der Waals surface area contributed by atoms with Gasteiger partial charge in [0.05, 0.1) is 0 Å². The molecule has 2 N–H and O–H groups in total. The number of nitrogens with one attached hydrogen (secondary N) is 2. The Hall–Kier alpha value is -1.99. The van der Waals surface area contributed by atoms with Crippen LogP contribution in [0.2, 0.25) is 5.02 Å². The first-order chi connectivity index (χ1) is 10.1. The summed E-state index contributed by atoms with van der Waals surface area (Å²) in [7, 11) is 0. The number of hydrogen-bond donors (Lipinski definition) is 2. The average molecular weight is 304 g/mol. The summed E-state index contributed by atoms with van der Waals surface area (Å²) in [6, 6.07) is 7.61. The fourth-order valence-electron chi connectivity index (χ4n) is 2.32. The number of halogens is 1. The van der Waals surface area contributed by atoms with E-state index >= 15 is 0 Å². The first-order valence-corrected chi connectivity index (χ1v) is 7.42. The van der Waals surface area contributed by atoms with Gasteiger partial charge in [0.25, 0.3) is 5.91 Å². The highest BCUT2D eigenvalue weighted by atomic mass is 35.5. The molecule has 0 aliphatic heterocycles. The molecule has 1 aliphatic carbocycles. The van der Waals surface area contributed by atoms with E-state index in [-0.39, 0.29) is 17.5 Å². The van der Waals surface area contributed by atoms with Crippen LogP contribution in [-0.2, 0) is 4.79 Å². The summed E-state index contributed by atoms with van der Waals surface area (Å²) in [5.41, 5.74) is 1.79. The molecule has 5 heteroatoms. The lowest BCUT2D eigenvalue weighted by Gasteiger charge is -2.11. The highest BCUT2D eigenvalue weighted by molar-refractivity contribution is 6.31. The first-order valence-electron chi connectivity index (χ1n) is 7.04. The highest BCUT2D eigenvalue weighted by Crippen LogP contribution is 2.20. The number of carbonyl (C=O) groups excluding carboxylic acids is 1. The molecule has 110 valence electrons. The Morgan fingerprint density at radius 1 is 1.43 bits per heavy atom. The molecule has 1 aromatic rings. The van der Waals surface area contributed by atoms with Crippen LogP contribution in [0.3, 0.4) is 0 Å². The van der Waals surface area contributed by atoms with E-state index in [1.807, 2.05) is 25.1 Å². The van der Waals surface area contributed by atoms with Crippen LogP contribution in [0.5, 0.6) is 0 Å². The maximum atomic E-state index is 12.0. The topological polar surface area (TPSA) is 64.9 Å². The Kier molecular flexibility index (Phi) is 5.24. The van der Waals surface area contributed by atoms with Crippen molar-refractivity contribution < 1.29 is 4.79 Å². The molecule has 1 fully saturated rings. The van der Waals surface area contributed by atoms with Crippen LogP contribution in [0.4, 0.5) is 5.69 Å². The maximum Gasteiger partial charge on any atom is 0.263 e. The van der Waals surface area contributed by atoms with Gasteiger partial charge in [-0.3, -0.25) is 4.79 Å². The normalized spacial score (nSPS) is 15.6. The third-order valence-corrected chi connectivity index (χ3v) is 4.02. The second-order valence-electron chi connectivity index (χ2n) is 5.23. The Balaban J connectivity index is 2.00. The number of amides is 1. The molecular formula is C16H18ClN3O. The van der Waals surface area contributed by atoms with Crippen molar-refractivity contribution in [2.75, 3.05) is 5.32 Å². The molecule has 0 saturated heterocycles. The number of anilines is 1. The monoisotopic (exact) mass is 303 g/mol. The molecule has 21 heavy (non-hydrogen) atoms. The molecule has 0 unspecified atom stereocenters. The van der Waals surface area contributed by atoms with Gasteiger partial charge in [0.1, 0.15) is 11.6 Å². The second kappa shape index (κ2) is 7.14. The van der Waals surface area contributed by atoms with Gasteiger partial charge in [-0.1, -0.05) is 30.5 Å². The molecular weight excluding hydrogens is 286 g/mol. The maximum absolute atomic E-state index is 12.0. The number of nitriles is 1. The third kappa shape index (κ3) is 4.24.